The van der Waals surface area contributed by atoms with Crippen LogP contribution in [0.2, 0.25) is 0 Å². The maximum absolute atomic E-state index is 13.6. The topological polar surface area (TPSA) is 64.8 Å². The number of carbonyl (C=O) groups excluding carboxylic acids is 1. The Labute approximate surface area is 224 Å². The van der Waals surface area contributed by atoms with Gasteiger partial charge in [-0.05, 0) is 60.2 Å². The molecular weight excluding hydrogens is 476 g/mol. The fourth-order valence-corrected chi connectivity index (χ4v) is 5.30. The lowest BCUT2D eigenvalue weighted by Crippen LogP contribution is -2.41. The fraction of sp³-hybridized carbons (Fsp3) is 0.312. The molecule has 1 aromatic heterocycles. The summed E-state index contributed by atoms with van der Waals surface area (Å²) in [7, 11) is 1.68. The Morgan fingerprint density at radius 1 is 1.03 bits per heavy atom. The summed E-state index contributed by atoms with van der Waals surface area (Å²) < 4.78 is 17.1. The lowest BCUT2D eigenvalue weighted by molar-refractivity contribution is -0.133. The number of ether oxygens (including phenoxy) is 2. The molecule has 5 rings (SSSR count). The van der Waals surface area contributed by atoms with Crippen molar-refractivity contribution in [2.24, 2.45) is 0 Å². The summed E-state index contributed by atoms with van der Waals surface area (Å²) in [6.07, 6.45) is 5.49. The van der Waals surface area contributed by atoms with Gasteiger partial charge >= 0.3 is 0 Å². The van der Waals surface area contributed by atoms with Crippen molar-refractivity contribution in [2.45, 2.75) is 45.6 Å². The Bertz CT molecular complexity index is 1380. The molecule has 6 nitrogen and oxygen atoms in total. The van der Waals surface area contributed by atoms with E-state index in [0.29, 0.717) is 31.7 Å². The SMILES string of the molecule is COc1cc2c(cc1OCCc1ccccc1)C(c1ccc(C)cc1C)N(C(=O)CCc1cocn1)CC2. The van der Waals surface area contributed by atoms with Crippen molar-refractivity contribution in [1.29, 1.82) is 0 Å². The van der Waals surface area contributed by atoms with Gasteiger partial charge in [0.1, 0.15) is 6.26 Å². The number of methoxy groups -OCH3 is 1. The van der Waals surface area contributed by atoms with Crippen LogP contribution < -0.4 is 9.47 Å². The van der Waals surface area contributed by atoms with Gasteiger partial charge in [-0.1, -0.05) is 54.1 Å². The zero-order valence-corrected chi connectivity index (χ0v) is 22.3. The van der Waals surface area contributed by atoms with Gasteiger partial charge in [-0.25, -0.2) is 4.98 Å². The van der Waals surface area contributed by atoms with Crippen LogP contribution in [0, 0.1) is 13.8 Å². The number of rotatable bonds is 9. The van der Waals surface area contributed by atoms with Crippen molar-refractivity contribution >= 4 is 5.91 Å². The van der Waals surface area contributed by atoms with E-state index in [1.165, 1.54) is 28.6 Å². The molecule has 0 radical (unpaired) electrons. The first-order chi connectivity index (χ1) is 18.5. The van der Waals surface area contributed by atoms with Gasteiger partial charge < -0.3 is 18.8 Å². The van der Waals surface area contributed by atoms with Crippen molar-refractivity contribution in [3.8, 4) is 11.5 Å². The van der Waals surface area contributed by atoms with Gasteiger partial charge in [0.05, 0.1) is 25.5 Å². The molecule has 0 fully saturated rings. The summed E-state index contributed by atoms with van der Waals surface area (Å²) in [6.45, 7) is 5.39. The summed E-state index contributed by atoms with van der Waals surface area (Å²) in [5, 5.41) is 0. The predicted molar refractivity (Wildman–Crippen MR) is 147 cm³/mol. The molecule has 4 aromatic rings. The molecule has 0 N–H and O–H groups in total. The van der Waals surface area contributed by atoms with Gasteiger partial charge in [-0.15, -0.1) is 0 Å². The average molecular weight is 511 g/mol. The lowest BCUT2D eigenvalue weighted by atomic mass is 9.85. The molecule has 0 aliphatic carbocycles. The van der Waals surface area contributed by atoms with Crippen LogP contribution >= 0.6 is 0 Å². The number of aromatic nitrogens is 1. The highest BCUT2D eigenvalue weighted by Crippen LogP contribution is 2.42. The van der Waals surface area contributed by atoms with Gasteiger partial charge in [-0.2, -0.15) is 0 Å². The molecule has 3 aromatic carbocycles. The van der Waals surface area contributed by atoms with Crippen LogP contribution in [0.4, 0.5) is 0 Å². The van der Waals surface area contributed by atoms with Crippen LogP contribution in [0.25, 0.3) is 0 Å². The number of aryl methyl sites for hydroxylation is 3. The van der Waals surface area contributed by atoms with E-state index < -0.39 is 0 Å². The number of amides is 1. The van der Waals surface area contributed by atoms with E-state index in [4.69, 9.17) is 13.9 Å². The van der Waals surface area contributed by atoms with E-state index in [1.54, 1.807) is 13.4 Å². The minimum Gasteiger partial charge on any atom is -0.493 e. The Kier molecular flexibility index (Phi) is 7.78. The van der Waals surface area contributed by atoms with E-state index in [2.05, 4.69) is 61.3 Å². The third-order valence-corrected chi connectivity index (χ3v) is 7.26. The van der Waals surface area contributed by atoms with Gasteiger partial charge in [-0.3, -0.25) is 4.79 Å². The molecule has 1 aliphatic heterocycles. The minimum atomic E-state index is -0.202. The molecule has 0 saturated heterocycles. The second-order valence-electron chi connectivity index (χ2n) is 9.87. The molecular formula is C32H34N2O4. The third kappa shape index (κ3) is 5.59. The van der Waals surface area contributed by atoms with Crippen LogP contribution in [0.5, 0.6) is 11.5 Å². The summed E-state index contributed by atoms with van der Waals surface area (Å²) in [5.41, 5.74) is 7.78. The molecule has 1 atom stereocenters. The summed E-state index contributed by atoms with van der Waals surface area (Å²) in [5.74, 6) is 1.53. The Balaban J connectivity index is 1.47. The average Bonchev–Trinajstić information content (AvgIpc) is 3.45. The zero-order valence-electron chi connectivity index (χ0n) is 22.3. The maximum atomic E-state index is 13.6. The van der Waals surface area contributed by atoms with Crippen LogP contribution in [-0.2, 0) is 24.1 Å². The van der Waals surface area contributed by atoms with Gasteiger partial charge in [0.2, 0.25) is 5.91 Å². The summed E-state index contributed by atoms with van der Waals surface area (Å²) in [4.78, 5) is 19.8. The Hall–Kier alpha value is -4.06. The highest BCUT2D eigenvalue weighted by Gasteiger charge is 2.34. The number of hydrogen-bond acceptors (Lipinski definition) is 5. The normalized spacial score (nSPS) is 14.7. The van der Waals surface area contributed by atoms with E-state index >= 15 is 0 Å². The lowest BCUT2D eigenvalue weighted by Gasteiger charge is -2.39. The highest BCUT2D eigenvalue weighted by molar-refractivity contribution is 5.78. The van der Waals surface area contributed by atoms with Crippen molar-refractivity contribution in [3.63, 3.8) is 0 Å². The van der Waals surface area contributed by atoms with Gasteiger partial charge in [0.15, 0.2) is 17.9 Å². The number of oxazole rings is 1. The number of nitrogens with zero attached hydrogens (tertiary/aromatic N) is 2. The highest BCUT2D eigenvalue weighted by atomic mass is 16.5. The number of hydrogen-bond donors (Lipinski definition) is 0. The first-order valence-corrected chi connectivity index (χ1v) is 13.1. The van der Waals surface area contributed by atoms with E-state index in [-0.39, 0.29) is 11.9 Å². The number of carbonyl (C=O) groups is 1. The van der Waals surface area contributed by atoms with Crippen molar-refractivity contribution in [2.75, 3.05) is 20.3 Å². The molecule has 1 aliphatic rings. The first kappa shape index (κ1) is 25.6. The number of benzene rings is 3. The molecule has 0 saturated carbocycles. The van der Waals surface area contributed by atoms with Gasteiger partial charge in [0, 0.05) is 25.8 Å². The molecule has 1 amide bonds. The molecule has 2 heterocycles. The third-order valence-electron chi connectivity index (χ3n) is 7.26. The van der Waals surface area contributed by atoms with Crippen molar-refractivity contribution in [1.82, 2.24) is 9.88 Å². The van der Waals surface area contributed by atoms with Crippen molar-refractivity contribution < 1.29 is 18.7 Å². The molecule has 38 heavy (non-hydrogen) atoms. The second kappa shape index (κ2) is 11.5. The second-order valence-corrected chi connectivity index (χ2v) is 9.87. The quantitative estimate of drug-likeness (QED) is 0.275. The van der Waals surface area contributed by atoms with Gasteiger partial charge in [0.25, 0.3) is 0 Å². The molecule has 6 heteroatoms. The predicted octanol–water partition coefficient (Wildman–Crippen LogP) is 6.03. The van der Waals surface area contributed by atoms with Crippen LogP contribution in [0.3, 0.4) is 0 Å². The fourth-order valence-electron chi connectivity index (χ4n) is 5.30. The Morgan fingerprint density at radius 3 is 2.61 bits per heavy atom. The molecule has 196 valence electrons. The van der Waals surface area contributed by atoms with Crippen molar-refractivity contribution in [3.05, 3.63) is 112 Å². The monoisotopic (exact) mass is 510 g/mol. The minimum absolute atomic E-state index is 0.103. The Morgan fingerprint density at radius 2 is 1.87 bits per heavy atom. The summed E-state index contributed by atoms with van der Waals surface area (Å²) >= 11 is 0. The van der Waals surface area contributed by atoms with Crippen LogP contribution in [0.1, 0.15) is 51.5 Å². The largest absolute Gasteiger partial charge is 0.493 e. The van der Waals surface area contributed by atoms with E-state index in [0.717, 1.165) is 35.4 Å². The van der Waals surface area contributed by atoms with E-state index in [9.17, 15) is 4.79 Å². The van der Waals surface area contributed by atoms with Crippen LogP contribution in [0.15, 0.2) is 77.7 Å². The zero-order chi connectivity index (χ0) is 26.5. The smallest absolute Gasteiger partial charge is 0.223 e. The summed E-state index contributed by atoms with van der Waals surface area (Å²) in [6, 6.07) is 20.7. The number of fused-ring (bicyclic) bond motifs is 1. The molecule has 1 unspecified atom stereocenters. The molecule has 0 bridgehead atoms. The standard InChI is InChI=1S/C32H34N2O4/c1-22-9-11-27(23(2)17-22)32-28-19-30(38-16-14-24-7-5-4-6-8-24)29(36-3)18-25(28)13-15-34(32)31(35)12-10-26-20-37-21-33-26/h4-9,11,17-21,32H,10,12-16H2,1-3H3. The first-order valence-electron chi connectivity index (χ1n) is 13.1. The maximum Gasteiger partial charge on any atom is 0.223 e. The van der Waals surface area contributed by atoms with E-state index in [1.807, 2.05) is 23.1 Å². The molecule has 0 spiro atoms. The van der Waals surface area contributed by atoms with Crippen LogP contribution in [-0.4, -0.2) is 36.1 Å².